The number of nitrogens with one attached hydrogen (secondary N) is 2. The van der Waals surface area contributed by atoms with Gasteiger partial charge in [0, 0.05) is 19.0 Å². The lowest BCUT2D eigenvalue weighted by Gasteiger charge is -2.30. The van der Waals surface area contributed by atoms with Crippen LogP contribution in [0.25, 0.3) is 0 Å². The summed E-state index contributed by atoms with van der Waals surface area (Å²) in [5.41, 5.74) is 0. The van der Waals surface area contributed by atoms with E-state index >= 15 is 0 Å². The molecule has 0 radical (unpaired) electrons. The molecule has 1 aliphatic heterocycles. The highest BCUT2D eigenvalue weighted by Gasteiger charge is 2.37. The van der Waals surface area contributed by atoms with Crippen molar-refractivity contribution in [1.29, 1.82) is 0 Å². The van der Waals surface area contributed by atoms with Gasteiger partial charge < -0.3 is 10.2 Å². The first-order valence-corrected chi connectivity index (χ1v) is 7.09. The van der Waals surface area contributed by atoms with Gasteiger partial charge in [0.1, 0.15) is 5.82 Å². The van der Waals surface area contributed by atoms with Crippen molar-refractivity contribution in [3.8, 4) is 0 Å². The van der Waals surface area contributed by atoms with Gasteiger partial charge in [-0.05, 0) is 44.7 Å². The Hall–Kier alpha value is -1.10. The van der Waals surface area contributed by atoms with Crippen LogP contribution in [0.5, 0.6) is 0 Å². The zero-order valence-electron chi connectivity index (χ0n) is 11.3. The lowest BCUT2D eigenvalue weighted by molar-refractivity contribution is 0.391. The van der Waals surface area contributed by atoms with Crippen molar-refractivity contribution in [3.05, 3.63) is 5.82 Å². The fourth-order valence-corrected chi connectivity index (χ4v) is 2.90. The van der Waals surface area contributed by atoms with E-state index in [2.05, 4.69) is 32.3 Å². The lowest BCUT2D eigenvalue weighted by atomic mass is 9.97. The number of H-pyrrole nitrogens is 1. The molecule has 2 unspecified atom stereocenters. The second kappa shape index (κ2) is 4.88. The average molecular weight is 249 g/mol. The summed E-state index contributed by atoms with van der Waals surface area (Å²) in [7, 11) is 2.03. The van der Waals surface area contributed by atoms with Gasteiger partial charge in [-0.3, -0.25) is 5.10 Å². The first-order chi connectivity index (χ1) is 8.78. The van der Waals surface area contributed by atoms with Gasteiger partial charge in [-0.15, -0.1) is 5.10 Å². The maximum Gasteiger partial charge on any atom is 0.244 e. The third-order valence-corrected chi connectivity index (χ3v) is 4.34. The summed E-state index contributed by atoms with van der Waals surface area (Å²) in [6.45, 7) is 5.58. The standard InChI is InChI=1S/C13H23N5/c1-9-7-11(9)12-15-13(17-16-12)18-5-3-10(4-6-18)8-14-2/h9-11,14H,3-8H2,1-2H3,(H,15,16,17). The summed E-state index contributed by atoms with van der Waals surface area (Å²) >= 11 is 0. The van der Waals surface area contributed by atoms with E-state index < -0.39 is 0 Å². The van der Waals surface area contributed by atoms with Crippen molar-refractivity contribution in [2.24, 2.45) is 11.8 Å². The van der Waals surface area contributed by atoms with Crippen LogP contribution in [0.2, 0.25) is 0 Å². The van der Waals surface area contributed by atoms with Crippen LogP contribution in [-0.4, -0.2) is 41.9 Å². The Morgan fingerprint density at radius 3 is 2.72 bits per heavy atom. The molecule has 18 heavy (non-hydrogen) atoms. The number of hydrogen-bond donors (Lipinski definition) is 2. The lowest BCUT2D eigenvalue weighted by Crippen LogP contribution is -2.37. The molecule has 2 heterocycles. The molecule has 1 saturated heterocycles. The molecule has 1 aliphatic carbocycles. The highest BCUT2D eigenvalue weighted by atomic mass is 15.4. The van der Waals surface area contributed by atoms with Gasteiger partial charge in [0.25, 0.3) is 0 Å². The van der Waals surface area contributed by atoms with Gasteiger partial charge in [0.15, 0.2) is 0 Å². The molecule has 2 atom stereocenters. The van der Waals surface area contributed by atoms with Crippen LogP contribution in [0.3, 0.4) is 0 Å². The third-order valence-electron chi connectivity index (χ3n) is 4.34. The molecule has 0 amide bonds. The molecule has 2 N–H and O–H groups in total. The molecular formula is C13H23N5. The van der Waals surface area contributed by atoms with E-state index in [1.807, 2.05) is 7.05 Å². The number of aromatic amines is 1. The van der Waals surface area contributed by atoms with Crippen LogP contribution in [0, 0.1) is 11.8 Å². The molecule has 0 spiro atoms. The van der Waals surface area contributed by atoms with Crippen LogP contribution < -0.4 is 10.2 Å². The normalized spacial score (nSPS) is 28.7. The summed E-state index contributed by atoms with van der Waals surface area (Å²) in [6.07, 6.45) is 3.74. The fourth-order valence-electron chi connectivity index (χ4n) is 2.90. The minimum absolute atomic E-state index is 0.632. The fraction of sp³-hybridized carbons (Fsp3) is 0.846. The second-order valence-corrected chi connectivity index (χ2v) is 5.83. The van der Waals surface area contributed by atoms with Crippen molar-refractivity contribution in [1.82, 2.24) is 20.5 Å². The van der Waals surface area contributed by atoms with E-state index in [1.54, 1.807) is 0 Å². The van der Waals surface area contributed by atoms with Crippen LogP contribution in [0.4, 0.5) is 5.95 Å². The monoisotopic (exact) mass is 249 g/mol. The first kappa shape index (κ1) is 12.0. The molecule has 1 saturated carbocycles. The van der Waals surface area contributed by atoms with Gasteiger partial charge in [-0.25, -0.2) is 0 Å². The number of nitrogens with zero attached hydrogens (tertiary/aromatic N) is 3. The molecule has 3 rings (SSSR count). The zero-order valence-corrected chi connectivity index (χ0v) is 11.3. The Morgan fingerprint density at radius 1 is 1.39 bits per heavy atom. The summed E-state index contributed by atoms with van der Waals surface area (Å²) in [6, 6.07) is 0. The van der Waals surface area contributed by atoms with Crippen LogP contribution in [0.1, 0.15) is 37.9 Å². The number of hydrogen-bond acceptors (Lipinski definition) is 4. The SMILES string of the molecule is CNCC1CCN(c2n[nH]c(C3CC3C)n2)CC1. The predicted molar refractivity (Wildman–Crippen MR) is 71.8 cm³/mol. The van der Waals surface area contributed by atoms with E-state index in [4.69, 9.17) is 0 Å². The van der Waals surface area contributed by atoms with E-state index in [0.717, 1.165) is 43.2 Å². The van der Waals surface area contributed by atoms with Crippen molar-refractivity contribution in [2.45, 2.75) is 32.1 Å². The Morgan fingerprint density at radius 2 is 2.11 bits per heavy atom. The Kier molecular flexibility index (Phi) is 3.24. The quantitative estimate of drug-likeness (QED) is 0.846. The number of rotatable bonds is 4. The van der Waals surface area contributed by atoms with Gasteiger partial charge >= 0.3 is 0 Å². The van der Waals surface area contributed by atoms with Crippen molar-refractivity contribution < 1.29 is 0 Å². The van der Waals surface area contributed by atoms with Gasteiger partial charge in [0.05, 0.1) is 0 Å². The van der Waals surface area contributed by atoms with E-state index in [0.29, 0.717) is 5.92 Å². The van der Waals surface area contributed by atoms with Crippen LogP contribution in [0.15, 0.2) is 0 Å². The molecule has 100 valence electrons. The molecule has 5 heteroatoms. The number of aromatic nitrogens is 3. The first-order valence-electron chi connectivity index (χ1n) is 7.09. The highest BCUT2D eigenvalue weighted by Crippen LogP contribution is 2.45. The molecule has 1 aromatic rings. The molecule has 0 bridgehead atoms. The minimum Gasteiger partial charge on any atom is -0.340 e. The molecule has 5 nitrogen and oxygen atoms in total. The van der Waals surface area contributed by atoms with Crippen molar-refractivity contribution >= 4 is 5.95 Å². The summed E-state index contributed by atoms with van der Waals surface area (Å²) in [5, 5.41) is 10.8. The molecule has 2 aliphatic rings. The maximum absolute atomic E-state index is 4.66. The summed E-state index contributed by atoms with van der Waals surface area (Å²) < 4.78 is 0. The summed E-state index contributed by atoms with van der Waals surface area (Å²) in [5.74, 6) is 4.23. The van der Waals surface area contributed by atoms with Gasteiger partial charge in [-0.2, -0.15) is 4.98 Å². The third kappa shape index (κ3) is 2.36. The minimum atomic E-state index is 0.632. The van der Waals surface area contributed by atoms with Gasteiger partial charge in [-0.1, -0.05) is 6.92 Å². The van der Waals surface area contributed by atoms with E-state index in [-0.39, 0.29) is 0 Å². The van der Waals surface area contributed by atoms with Gasteiger partial charge in [0.2, 0.25) is 5.95 Å². The second-order valence-electron chi connectivity index (χ2n) is 5.83. The van der Waals surface area contributed by atoms with Crippen molar-refractivity contribution in [3.63, 3.8) is 0 Å². The average Bonchev–Trinajstić information content (AvgIpc) is 2.93. The Balaban J connectivity index is 1.57. The topological polar surface area (TPSA) is 56.8 Å². The molecule has 0 aromatic carbocycles. The van der Waals surface area contributed by atoms with Crippen molar-refractivity contribution in [2.75, 3.05) is 31.6 Å². The largest absolute Gasteiger partial charge is 0.340 e. The van der Waals surface area contributed by atoms with E-state index in [9.17, 15) is 0 Å². The molecule has 1 aromatic heterocycles. The summed E-state index contributed by atoms with van der Waals surface area (Å²) in [4.78, 5) is 6.98. The van der Waals surface area contributed by atoms with Crippen LogP contribution >= 0.6 is 0 Å². The number of anilines is 1. The van der Waals surface area contributed by atoms with Crippen LogP contribution in [-0.2, 0) is 0 Å². The Labute approximate surface area is 108 Å². The predicted octanol–water partition coefficient (Wildman–Crippen LogP) is 1.36. The Bertz CT molecular complexity index is 394. The smallest absolute Gasteiger partial charge is 0.244 e. The van der Waals surface area contributed by atoms with E-state index in [1.165, 1.54) is 19.3 Å². The molecule has 2 fully saturated rings. The highest BCUT2D eigenvalue weighted by molar-refractivity contribution is 5.30. The zero-order chi connectivity index (χ0) is 12.5. The number of piperidine rings is 1. The molecular weight excluding hydrogens is 226 g/mol. The maximum atomic E-state index is 4.66.